The monoisotopic (exact) mass is 847 g/mol. The molecule has 0 saturated carbocycles. The van der Waals surface area contributed by atoms with Gasteiger partial charge in [-0.05, 0) is 56.9 Å². The van der Waals surface area contributed by atoms with Gasteiger partial charge in [0.2, 0.25) is 29.5 Å². The molecule has 0 radical (unpaired) electrons. The van der Waals surface area contributed by atoms with Gasteiger partial charge in [-0.15, -0.1) is 0 Å². The largest absolute Gasteiger partial charge is 0.469 e. The number of nitrogens with one attached hydrogen (secondary N) is 4. The van der Waals surface area contributed by atoms with Crippen LogP contribution in [0.4, 0.5) is 0 Å². The number of aldehydes is 1. The molecule has 1 aromatic carbocycles. The summed E-state index contributed by atoms with van der Waals surface area (Å²) in [4.78, 5) is 102. The number of benzene rings is 1. The molecule has 2 heterocycles. The third kappa shape index (κ3) is 17.0. The number of carbonyl (C=O) groups excluding carboxylic acids is 6. The van der Waals surface area contributed by atoms with Crippen LogP contribution in [0.2, 0.25) is 0 Å². The minimum absolute atomic E-state index is 0.0683. The molecule has 19 heteroatoms. The molecule has 3 rings (SSSR count). The normalized spacial score (nSPS) is 16.7. The summed E-state index contributed by atoms with van der Waals surface area (Å²) < 4.78 is 17.7. The number of rotatable bonds is 26. The highest BCUT2D eigenvalue weighted by molar-refractivity contribution is 7.46. The van der Waals surface area contributed by atoms with Crippen molar-refractivity contribution >= 4 is 43.6 Å². The van der Waals surface area contributed by atoms with Gasteiger partial charge in [-0.3, -0.25) is 28.5 Å². The van der Waals surface area contributed by atoms with E-state index in [1.54, 1.807) is 12.5 Å². The van der Waals surface area contributed by atoms with Gasteiger partial charge in [0.05, 0.1) is 19.0 Å². The first-order valence-corrected chi connectivity index (χ1v) is 21.9. The second-order valence-electron chi connectivity index (χ2n) is 15.5. The number of aliphatic hydroxyl groups is 1. The molecule has 0 aliphatic carbocycles. The molecular weight excluding hydrogens is 785 g/mol. The van der Waals surface area contributed by atoms with Crippen molar-refractivity contribution in [2.75, 3.05) is 13.2 Å². The van der Waals surface area contributed by atoms with Crippen molar-refractivity contribution in [3.63, 3.8) is 0 Å². The van der Waals surface area contributed by atoms with Gasteiger partial charge in [-0.2, -0.15) is 0 Å². The molecule has 1 fully saturated rings. The van der Waals surface area contributed by atoms with Gasteiger partial charge in [0.15, 0.2) is 0 Å². The summed E-state index contributed by atoms with van der Waals surface area (Å²) in [6.07, 6.45) is 10.3. The zero-order valence-electron chi connectivity index (χ0n) is 34.5. The zero-order chi connectivity index (χ0) is 43.5. The average molecular weight is 848 g/mol. The Balaban J connectivity index is 1.74. The van der Waals surface area contributed by atoms with Crippen molar-refractivity contribution in [3.05, 3.63) is 54.1 Å². The summed E-state index contributed by atoms with van der Waals surface area (Å²) >= 11 is 0. The fourth-order valence-corrected chi connectivity index (χ4v) is 7.60. The van der Waals surface area contributed by atoms with Crippen molar-refractivity contribution in [3.8, 4) is 0 Å². The molecule has 1 aromatic heterocycles. The number of hydrogen-bond donors (Lipinski definition) is 7. The minimum Gasteiger partial charge on any atom is -0.394 e. The van der Waals surface area contributed by atoms with Crippen LogP contribution in [0.5, 0.6) is 0 Å². The van der Waals surface area contributed by atoms with Gasteiger partial charge in [0.25, 0.3) is 0 Å². The second kappa shape index (κ2) is 24.6. The lowest BCUT2D eigenvalue weighted by Crippen LogP contribution is -2.60. The first-order chi connectivity index (χ1) is 28.0. The maximum atomic E-state index is 14.0. The van der Waals surface area contributed by atoms with Gasteiger partial charge in [0.1, 0.15) is 36.5 Å². The Morgan fingerprint density at radius 1 is 0.898 bits per heavy atom. The molecule has 0 spiro atoms. The molecule has 59 heavy (non-hydrogen) atoms. The maximum Gasteiger partial charge on any atom is 0.469 e. The highest BCUT2D eigenvalue weighted by atomic mass is 31.2. The number of carbonyl (C=O) groups is 6. The molecule has 1 saturated heterocycles. The predicted molar refractivity (Wildman–Crippen MR) is 217 cm³/mol. The number of phosphoric acid groups is 1. The van der Waals surface area contributed by atoms with Crippen LogP contribution in [0, 0.1) is 5.92 Å². The van der Waals surface area contributed by atoms with Crippen LogP contribution in [-0.4, -0.2) is 115 Å². The SMILES string of the molecule is CC(=O)N1CCC[C@H]1C(=O)N[C@@H](CC(C)C)C(=O)N[C@@H](Cc1cncn1CCCCCCCCc1ccccc1)C(=O)N[C@@H](CO)C(=O)N[C@H](C=O)[C@@H](C)OP(=O)(O)O. The summed E-state index contributed by atoms with van der Waals surface area (Å²) in [5.41, 5.74) is 1.92. The standard InChI is InChI=1S/C40H62N7O11P/c1-27(2)21-32(43-40(54)36-18-14-20-47(36)29(4)50)37(51)42-33(38(52)45-35(25-49)39(53)44-34(24-48)28(3)58-59(55,56)57)22-31-23-41-26-46(31)19-13-8-6-5-7-10-15-30-16-11-9-12-17-30/h9,11-12,16-17,23-24,26-28,32-36,49H,5-8,10,13-15,18-22,25H2,1-4H3,(H,42,51)(H,43,54)(H,44,53)(H,45,52)(H2,55,56,57)/t28-,32+,33+,34-,35+,36+/m1/s1. The summed E-state index contributed by atoms with van der Waals surface area (Å²) in [5.74, 6) is -3.46. The molecule has 2 aromatic rings. The molecule has 0 unspecified atom stereocenters. The van der Waals surface area contributed by atoms with E-state index in [1.165, 1.54) is 17.4 Å². The summed E-state index contributed by atoms with van der Waals surface area (Å²) in [6.45, 7) is 6.31. The Morgan fingerprint density at radius 3 is 2.15 bits per heavy atom. The molecule has 5 amide bonds. The van der Waals surface area contributed by atoms with Gasteiger partial charge in [0, 0.05) is 38.3 Å². The highest BCUT2D eigenvalue weighted by Gasteiger charge is 2.36. The quantitative estimate of drug-likeness (QED) is 0.0406. The number of aliphatic hydroxyl groups excluding tert-OH is 1. The Kier molecular flexibility index (Phi) is 20.4. The van der Waals surface area contributed by atoms with E-state index in [9.17, 15) is 38.4 Å². The topological polar surface area (TPSA) is 259 Å². The van der Waals surface area contributed by atoms with Crippen LogP contribution in [0.1, 0.15) is 96.7 Å². The molecule has 6 atom stereocenters. The number of phosphoric ester groups is 1. The van der Waals surface area contributed by atoms with E-state index in [0.29, 0.717) is 31.6 Å². The van der Waals surface area contributed by atoms with Gasteiger partial charge in [-0.1, -0.05) is 69.9 Å². The van der Waals surface area contributed by atoms with Crippen molar-refractivity contribution in [1.82, 2.24) is 35.7 Å². The first-order valence-electron chi connectivity index (χ1n) is 20.3. The molecule has 0 bridgehead atoms. The van der Waals surface area contributed by atoms with Crippen LogP contribution < -0.4 is 21.3 Å². The lowest BCUT2D eigenvalue weighted by Gasteiger charge is -2.28. The van der Waals surface area contributed by atoms with E-state index in [1.807, 2.05) is 36.6 Å². The number of likely N-dealkylation sites (tertiary alicyclic amines) is 1. The van der Waals surface area contributed by atoms with Crippen LogP contribution in [0.25, 0.3) is 0 Å². The Morgan fingerprint density at radius 2 is 1.53 bits per heavy atom. The third-order valence-electron chi connectivity index (χ3n) is 10.2. The van der Waals surface area contributed by atoms with E-state index in [-0.39, 0.29) is 31.0 Å². The van der Waals surface area contributed by atoms with Crippen LogP contribution in [0.15, 0.2) is 42.9 Å². The number of amides is 5. The van der Waals surface area contributed by atoms with Crippen molar-refractivity contribution < 1.29 is 52.7 Å². The minimum atomic E-state index is -5.03. The molecule has 328 valence electrons. The van der Waals surface area contributed by atoms with Crippen molar-refractivity contribution in [1.29, 1.82) is 0 Å². The van der Waals surface area contributed by atoms with Gasteiger partial charge in [-0.25, -0.2) is 9.55 Å². The van der Waals surface area contributed by atoms with Crippen molar-refractivity contribution in [2.24, 2.45) is 5.92 Å². The smallest absolute Gasteiger partial charge is 0.394 e. The van der Waals surface area contributed by atoms with Gasteiger partial charge >= 0.3 is 7.82 Å². The fraction of sp³-hybridized carbons (Fsp3) is 0.625. The van der Waals surface area contributed by atoms with Gasteiger partial charge < -0.3 is 50.4 Å². The molecule has 7 N–H and O–H groups in total. The Bertz CT molecular complexity index is 1720. The fourth-order valence-electron chi connectivity index (χ4n) is 7.04. The Labute approximate surface area is 345 Å². The Hall–Kier alpha value is -4.48. The number of imidazole rings is 1. The summed E-state index contributed by atoms with van der Waals surface area (Å²) in [7, 11) is -5.03. The van der Waals surface area contributed by atoms with Crippen LogP contribution >= 0.6 is 7.82 Å². The lowest BCUT2D eigenvalue weighted by molar-refractivity contribution is -0.138. The van der Waals surface area contributed by atoms with Crippen molar-refractivity contribution in [2.45, 2.75) is 141 Å². The average Bonchev–Trinajstić information content (AvgIpc) is 3.86. The summed E-state index contributed by atoms with van der Waals surface area (Å²) in [5, 5.41) is 20.2. The van der Waals surface area contributed by atoms with E-state index in [4.69, 9.17) is 9.79 Å². The number of aryl methyl sites for hydroxylation is 2. The third-order valence-corrected chi connectivity index (χ3v) is 10.8. The van der Waals surface area contributed by atoms with Crippen LogP contribution in [0.3, 0.4) is 0 Å². The molecule has 1 aliphatic rings. The maximum absolute atomic E-state index is 14.0. The van der Waals surface area contributed by atoms with E-state index < -0.39 is 74.4 Å². The van der Waals surface area contributed by atoms with E-state index in [0.717, 1.165) is 51.9 Å². The molecular formula is C40H62N7O11P. The second-order valence-corrected chi connectivity index (χ2v) is 16.7. The van der Waals surface area contributed by atoms with Crippen LogP contribution in [-0.2, 0) is 57.2 Å². The zero-order valence-corrected chi connectivity index (χ0v) is 35.4. The number of unbranched alkanes of at least 4 members (excludes halogenated alkanes) is 5. The van der Waals surface area contributed by atoms with E-state index in [2.05, 4.69) is 42.9 Å². The predicted octanol–water partition coefficient (Wildman–Crippen LogP) is 1.69. The number of hydrogen-bond acceptors (Lipinski definition) is 10. The number of aromatic nitrogens is 2. The molecule has 1 aliphatic heterocycles. The first kappa shape index (κ1) is 48.9. The summed E-state index contributed by atoms with van der Waals surface area (Å²) in [6, 6.07) is 3.97. The highest BCUT2D eigenvalue weighted by Crippen LogP contribution is 2.38. The van der Waals surface area contributed by atoms with E-state index >= 15 is 0 Å². The molecule has 18 nitrogen and oxygen atoms in total. The number of nitrogens with zero attached hydrogens (tertiary/aromatic N) is 3. The lowest BCUT2D eigenvalue weighted by atomic mass is 10.0.